The van der Waals surface area contributed by atoms with E-state index in [0.29, 0.717) is 27.1 Å². The van der Waals surface area contributed by atoms with Crippen LogP contribution in [0.5, 0.6) is 0 Å². The molecule has 0 amide bonds. The average molecular weight is 236 g/mol. The van der Waals surface area contributed by atoms with E-state index in [1.807, 2.05) is 0 Å². The van der Waals surface area contributed by atoms with Crippen molar-refractivity contribution in [1.82, 2.24) is 0 Å². The van der Waals surface area contributed by atoms with E-state index >= 15 is 0 Å². The zero-order chi connectivity index (χ0) is 13.7. The molecule has 0 N–H and O–H groups in total. The third-order valence-electron chi connectivity index (χ3n) is 7.70. The fraction of sp³-hybridized carbons (Fsp3) is 1.00. The number of fused-ring (bicyclic) bond motifs is 2. The minimum Gasteiger partial charge on any atom is -0.0593 e. The first kappa shape index (κ1) is 13.4. The Morgan fingerprint density at radius 1 is 0.412 bits per heavy atom. The van der Waals surface area contributed by atoms with Gasteiger partial charge in [0.25, 0.3) is 0 Å². The molecule has 0 saturated heterocycles. The number of hydrogen-bond donors (Lipinski definition) is 0. The molecule has 0 aliphatic heterocycles. The Balaban J connectivity index is 2.73. The van der Waals surface area contributed by atoms with Gasteiger partial charge in [-0.3, -0.25) is 0 Å². The lowest BCUT2D eigenvalue weighted by Crippen LogP contribution is -2.53. The van der Waals surface area contributed by atoms with Crippen molar-refractivity contribution in [3.63, 3.8) is 0 Å². The molecule has 0 aromatic rings. The molecule has 2 aliphatic rings. The minimum atomic E-state index is 0.431. The molecule has 100 valence electrons. The zero-order valence-electron chi connectivity index (χ0n) is 13.7. The predicted octanol–water partition coefficient (Wildman–Crippen LogP) is 5.38. The molecule has 2 bridgehead atoms. The summed E-state index contributed by atoms with van der Waals surface area (Å²) >= 11 is 0. The molecule has 2 saturated carbocycles. The summed E-state index contributed by atoms with van der Waals surface area (Å²) in [6.07, 6.45) is 0. The van der Waals surface area contributed by atoms with Crippen molar-refractivity contribution in [2.45, 2.75) is 69.2 Å². The summed E-state index contributed by atoms with van der Waals surface area (Å²) in [6.45, 7) is 25.1. The smallest absolute Gasteiger partial charge is 0.0246 e. The average Bonchev–Trinajstić information content (AvgIpc) is 2.14. The molecule has 0 aromatic carbocycles. The molecule has 17 heavy (non-hydrogen) atoms. The molecule has 0 heterocycles. The van der Waals surface area contributed by atoms with Gasteiger partial charge in [0.1, 0.15) is 0 Å². The molecular formula is C17H32. The van der Waals surface area contributed by atoms with Gasteiger partial charge in [-0.05, 0) is 38.9 Å². The topological polar surface area (TPSA) is 0 Å². The lowest BCUT2D eigenvalue weighted by Gasteiger charge is -2.59. The van der Waals surface area contributed by atoms with Crippen LogP contribution < -0.4 is 0 Å². The summed E-state index contributed by atoms with van der Waals surface area (Å²) in [5.41, 5.74) is 2.18. The first-order chi connectivity index (χ1) is 7.23. The summed E-state index contributed by atoms with van der Waals surface area (Å²) in [7, 11) is 0. The quantitative estimate of drug-likeness (QED) is 0.530. The maximum Gasteiger partial charge on any atom is -0.0246 e. The van der Waals surface area contributed by atoms with Gasteiger partial charge in [-0.15, -0.1) is 0 Å². The minimum absolute atomic E-state index is 0.431. The van der Waals surface area contributed by atoms with Crippen LogP contribution >= 0.6 is 0 Å². The van der Waals surface area contributed by atoms with Gasteiger partial charge in [-0.1, -0.05) is 69.2 Å². The molecule has 0 aromatic heterocycles. The van der Waals surface area contributed by atoms with E-state index in [-0.39, 0.29) is 0 Å². The van der Waals surface area contributed by atoms with Crippen molar-refractivity contribution < 1.29 is 0 Å². The lowest BCUT2D eigenvalue weighted by atomic mass is 9.45. The summed E-state index contributed by atoms with van der Waals surface area (Å²) in [4.78, 5) is 0. The van der Waals surface area contributed by atoms with Crippen molar-refractivity contribution in [2.24, 2.45) is 38.9 Å². The highest BCUT2D eigenvalue weighted by Gasteiger charge is 2.78. The largest absolute Gasteiger partial charge is 0.0593 e. The van der Waals surface area contributed by atoms with Gasteiger partial charge in [0, 0.05) is 0 Å². The number of rotatable bonds is 0. The predicted molar refractivity (Wildman–Crippen MR) is 75.9 cm³/mol. The Morgan fingerprint density at radius 3 is 0.706 bits per heavy atom. The Kier molecular flexibility index (Phi) is 2.19. The maximum atomic E-state index is 2.52. The van der Waals surface area contributed by atoms with Crippen LogP contribution in [0.25, 0.3) is 0 Å². The zero-order valence-corrected chi connectivity index (χ0v) is 13.7. The van der Waals surface area contributed by atoms with E-state index in [1.54, 1.807) is 0 Å². The van der Waals surface area contributed by atoms with Gasteiger partial charge in [-0.25, -0.2) is 0 Å². The van der Waals surface area contributed by atoms with Crippen molar-refractivity contribution in [3.05, 3.63) is 0 Å². The van der Waals surface area contributed by atoms with Gasteiger partial charge in [0.2, 0.25) is 0 Å². The highest BCUT2D eigenvalue weighted by atomic mass is 14.8. The van der Waals surface area contributed by atoms with Crippen molar-refractivity contribution in [2.75, 3.05) is 0 Å². The fourth-order valence-corrected chi connectivity index (χ4v) is 7.18. The van der Waals surface area contributed by atoms with Gasteiger partial charge >= 0.3 is 0 Å². The van der Waals surface area contributed by atoms with Crippen LogP contribution in [-0.2, 0) is 0 Å². The summed E-state index contributed by atoms with van der Waals surface area (Å²) in [6, 6.07) is 0. The lowest BCUT2D eigenvalue weighted by molar-refractivity contribution is -0.114. The van der Waals surface area contributed by atoms with Crippen molar-refractivity contribution >= 4 is 0 Å². The second-order valence-corrected chi connectivity index (χ2v) is 9.57. The molecule has 0 heteroatoms. The summed E-state index contributed by atoms with van der Waals surface area (Å²) in [5.74, 6) is 1.61. The molecular weight excluding hydrogens is 204 g/mol. The molecule has 2 fully saturated rings. The Morgan fingerprint density at radius 2 is 0.588 bits per heavy atom. The molecule has 2 rings (SSSR count). The second kappa shape index (κ2) is 2.78. The Hall–Kier alpha value is 0. The molecule has 0 radical (unpaired) electrons. The molecule has 0 atom stereocenters. The Bertz CT molecular complexity index is 290. The molecule has 0 nitrogen and oxygen atoms in total. The van der Waals surface area contributed by atoms with E-state index < -0.39 is 0 Å². The Labute approximate surface area is 109 Å². The highest BCUT2D eigenvalue weighted by Crippen LogP contribution is 2.83. The summed E-state index contributed by atoms with van der Waals surface area (Å²) in [5, 5.41) is 0. The van der Waals surface area contributed by atoms with E-state index in [0.717, 1.165) is 11.8 Å². The monoisotopic (exact) mass is 236 g/mol. The van der Waals surface area contributed by atoms with Crippen LogP contribution in [0.1, 0.15) is 69.2 Å². The van der Waals surface area contributed by atoms with Crippen molar-refractivity contribution in [3.8, 4) is 0 Å². The second-order valence-electron chi connectivity index (χ2n) is 9.57. The maximum absolute atomic E-state index is 2.52. The van der Waals surface area contributed by atoms with Gasteiger partial charge in [0.15, 0.2) is 0 Å². The summed E-state index contributed by atoms with van der Waals surface area (Å²) < 4.78 is 0. The third kappa shape index (κ3) is 1.08. The first-order valence-corrected chi connectivity index (χ1v) is 7.23. The van der Waals surface area contributed by atoms with Crippen LogP contribution in [0.4, 0.5) is 0 Å². The van der Waals surface area contributed by atoms with Gasteiger partial charge < -0.3 is 0 Å². The van der Waals surface area contributed by atoms with E-state index in [1.165, 1.54) is 0 Å². The highest BCUT2D eigenvalue weighted by molar-refractivity contribution is 5.25. The van der Waals surface area contributed by atoms with E-state index in [9.17, 15) is 0 Å². The normalized spacial score (nSPS) is 42.7. The number of hydrogen-bond acceptors (Lipinski definition) is 0. The fourth-order valence-electron chi connectivity index (χ4n) is 7.18. The van der Waals surface area contributed by atoms with Crippen LogP contribution in [0.2, 0.25) is 0 Å². The van der Waals surface area contributed by atoms with Crippen LogP contribution in [0, 0.1) is 38.9 Å². The van der Waals surface area contributed by atoms with E-state index in [2.05, 4.69) is 69.2 Å². The molecule has 0 spiro atoms. The first-order valence-electron chi connectivity index (χ1n) is 7.23. The third-order valence-corrected chi connectivity index (χ3v) is 7.70. The molecule has 0 unspecified atom stereocenters. The van der Waals surface area contributed by atoms with Crippen LogP contribution in [0.3, 0.4) is 0 Å². The SMILES string of the molecule is CC1(C)C2C(C)(C)C(C)(C)C1C(C)(C)C2(C)C. The van der Waals surface area contributed by atoms with Gasteiger partial charge in [-0.2, -0.15) is 0 Å². The van der Waals surface area contributed by atoms with Crippen LogP contribution in [0.15, 0.2) is 0 Å². The van der Waals surface area contributed by atoms with E-state index in [4.69, 9.17) is 0 Å². The van der Waals surface area contributed by atoms with Crippen LogP contribution in [-0.4, -0.2) is 0 Å². The van der Waals surface area contributed by atoms with Crippen molar-refractivity contribution in [1.29, 1.82) is 0 Å². The molecule has 2 aliphatic carbocycles. The van der Waals surface area contributed by atoms with Gasteiger partial charge in [0.05, 0.1) is 0 Å². The standard InChI is InChI=1S/C17H32/c1-13(2)11-14(3,4)15(5,6)12(13)17(9,10)16(11,7)8/h11-12H,1-10H3.